The second kappa shape index (κ2) is 3.60. The summed E-state index contributed by atoms with van der Waals surface area (Å²) in [6, 6.07) is 1.03. The Morgan fingerprint density at radius 2 is 2.12 bits per heavy atom. The molecule has 0 spiro atoms. The van der Waals surface area contributed by atoms with Crippen molar-refractivity contribution < 1.29 is 9.50 Å². The monoisotopic (exact) mass is 243 g/mol. The van der Waals surface area contributed by atoms with Crippen LogP contribution in [0.3, 0.4) is 0 Å². The van der Waals surface area contributed by atoms with Gasteiger partial charge in [0.1, 0.15) is 0 Å². The average molecular weight is 244 g/mol. The Morgan fingerprint density at radius 3 is 2.56 bits per heavy atom. The first-order chi connectivity index (χ1) is 7.40. The maximum Gasteiger partial charge on any atom is 0.166 e. The van der Waals surface area contributed by atoms with Crippen molar-refractivity contribution in [2.45, 2.75) is 38.1 Å². The lowest BCUT2D eigenvalue weighted by Crippen LogP contribution is -2.32. The number of phenols is 1. The summed E-state index contributed by atoms with van der Waals surface area (Å²) in [4.78, 5) is 0. The van der Waals surface area contributed by atoms with Gasteiger partial charge in [0.05, 0.1) is 0 Å². The smallest absolute Gasteiger partial charge is 0.166 e. The van der Waals surface area contributed by atoms with Gasteiger partial charge in [-0.15, -0.1) is 0 Å². The van der Waals surface area contributed by atoms with E-state index in [9.17, 15) is 9.50 Å². The molecule has 1 aliphatic rings. The second-order valence-corrected chi connectivity index (χ2v) is 5.04. The molecule has 1 saturated carbocycles. The molecule has 1 aromatic carbocycles. The van der Waals surface area contributed by atoms with Gasteiger partial charge >= 0.3 is 0 Å². The van der Waals surface area contributed by atoms with E-state index in [2.05, 4.69) is 0 Å². The molecule has 2 nitrogen and oxygen atoms in total. The molecule has 0 aliphatic heterocycles. The van der Waals surface area contributed by atoms with Crippen LogP contribution in [0.15, 0.2) is 6.07 Å². The first kappa shape index (κ1) is 11.7. The van der Waals surface area contributed by atoms with E-state index in [1.165, 1.54) is 0 Å². The van der Waals surface area contributed by atoms with Crippen molar-refractivity contribution in [3.8, 4) is 5.75 Å². The molecule has 1 atom stereocenters. The second-order valence-electron chi connectivity index (χ2n) is 4.63. The Bertz CT molecular complexity index is 415. The Morgan fingerprint density at radius 1 is 1.56 bits per heavy atom. The lowest BCUT2D eigenvalue weighted by atomic mass is 9.85. The summed E-state index contributed by atoms with van der Waals surface area (Å²) in [5, 5.41) is 10.2. The van der Waals surface area contributed by atoms with Gasteiger partial charge in [0.25, 0.3) is 0 Å². The molecule has 3 N–H and O–H groups in total. The van der Waals surface area contributed by atoms with E-state index in [4.69, 9.17) is 17.3 Å². The molecule has 1 aromatic rings. The summed E-state index contributed by atoms with van der Waals surface area (Å²) < 4.78 is 13.5. The van der Waals surface area contributed by atoms with Gasteiger partial charge in [-0.2, -0.15) is 0 Å². The molecule has 0 heterocycles. The van der Waals surface area contributed by atoms with Crippen molar-refractivity contribution in [3.05, 3.63) is 28.0 Å². The Balaban J connectivity index is 2.65. The average Bonchev–Trinajstić information content (AvgIpc) is 2.97. The fourth-order valence-corrected chi connectivity index (χ4v) is 2.57. The molecular weight excluding hydrogens is 229 g/mol. The van der Waals surface area contributed by atoms with Crippen LogP contribution in [0.2, 0.25) is 5.02 Å². The molecule has 0 amide bonds. The fourth-order valence-electron chi connectivity index (χ4n) is 2.38. The standard InChI is InChI=1S/C12H15ClFNO/c1-6-8(13)5-9(14)11(16)10(6)12(3-4-12)7(2)15/h5,7,16H,3-4,15H2,1-2H3. The highest BCUT2D eigenvalue weighted by molar-refractivity contribution is 6.31. The number of nitrogens with two attached hydrogens (primary N) is 1. The number of halogens is 2. The first-order valence-electron chi connectivity index (χ1n) is 5.34. The molecule has 16 heavy (non-hydrogen) atoms. The number of aromatic hydroxyl groups is 1. The molecule has 0 aromatic heterocycles. The summed E-state index contributed by atoms with van der Waals surface area (Å²) in [5.74, 6) is -0.964. The number of phenolic OH excluding ortho intramolecular Hbond substituents is 1. The highest BCUT2D eigenvalue weighted by Gasteiger charge is 2.50. The maximum absolute atomic E-state index is 13.5. The minimum atomic E-state index is -0.669. The number of benzene rings is 1. The highest BCUT2D eigenvalue weighted by atomic mass is 35.5. The topological polar surface area (TPSA) is 46.2 Å². The SMILES string of the molecule is Cc1c(Cl)cc(F)c(O)c1C1(C(C)N)CC1. The lowest BCUT2D eigenvalue weighted by molar-refractivity contribution is 0.409. The van der Waals surface area contributed by atoms with E-state index in [0.717, 1.165) is 24.5 Å². The fraction of sp³-hybridized carbons (Fsp3) is 0.500. The van der Waals surface area contributed by atoms with Crippen LogP contribution in [0, 0.1) is 12.7 Å². The zero-order chi connectivity index (χ0) is 12.1. The van der Waals surface area contributed by atoms with Crippen LogP contribution in [-0.4, -0.2) is 11.1 Å². The molecule has 1 fully saturated rings. The van der Waals surface area contributed by atoms with Gasteiger partial charge in [-0.3, -0.25) is 0 Å². The van der Waals surface area contributed by atoms with Crippen molar-refractivity contribution in [2.75, 3.05) is 0 Å². The van der Waals surface area contributed by atoms with Crippen LogP contribution in [-0.2, 0) is 5.41 Å². The van der Waals surface area contributed by atoms with Crippen molar-refractivity contribution in [1.29, 1.82) is 0 Å². The number of hydrogen-bond acceptors (Lipinski definition) is 2. The molecule has 0 bridgehead atoms. The minimum Gasteiger partial charge on any atom is -0.505 e. The van der Waals surface area contributed by atoms with E-state index in [1.807, 2.05) is 6.92 Å². The zero-order valence-electron chi connectivity index (χ0n) is 9.35. The van der Waals surface area contributed by atoms with Crippen LogP contribution in [0.4, 0.5) is 4.39 Å². The first-order valence-corrected chi connectivity index (χ1v) is 5.71. The van der Waals surface area contributed by atoms with E-state index >= 15 is 0 Å². The summed E-state index contributed by atoms with van der Waals surface area (Å²) in [6.07, 6.45) is 1.75. The summed E-state index contributed by atoms with van der Waals surface area (Å²) in [6.45, 7) is 3.67. The molecule has 0 radical (unpaired) electrons. The third-order valence-electron chi connectivity index (χ3n) is 3.61. The van der Waals surface area contributed by atoms with E-state index < -0.39 is 5.82 Å². The lowest BCUT2D eigenvalue weighted by Gasteiger charge is -2.24. The summed E-state index contributed by atoms with van der Waals surface area (Å²) >= 11 is 5.94. The van der Waals surface area contributed by atoms with Crippen molar-refractivity contribution >= 4 is 11.6 Å². The van der Waals surface area contributed by atoms with Gasteiger partial charge in [0.15, 0.2) is 11.6 Å². The number of rotatable bonds is 2. The number of hydrogen-bond donors (Lipinski definition) is 2. The molecule has 4 heteroatoms. The third-order valence-corrected chi connectivity index (χ3v) is 4.00. The van der Waals surface area contributed by atoms with Gasteiger partial charge < -0.3 is 10.8 Å². The summed E-state index contributed by atoms with van der Waals surface area (Å²) in [7, 11) is 0. The van der Waals surface area contributed by atoms with E-state index in [0.29, 0.717) is 10.6 Å². The van der Waals surface area contributed by atoms with Crippen molar-refractivity contribution in [3.63, 3.8) is 0 Å². The quantitative estimate of drug-likeness (QED) is 0.839. The predicted octanol–water partition coefficient (Wildman–Crippen LogP) is 2.87. The molecule has 1 aliphatic carbocycles. The maximum atomic E-state index is 13.5. The van der Waals surface area contributed by atoms with Gasteiger partial charge in [-0.25, -0.2) is 4.39 Å². The largest absolute Gasteiger partial charge is 0.505 e. The normalized spacial score (nSPS) is 19.6. The van der Waals surface area contributed by atoms with Crippen LogP contribution < -0.4 is 5.73 Å². The third kappa shape index (κ3) is 1.50. The van der Waals surface area contributed by atoms with Crippen LogP contribution in [0.25, 0.3) is 0 Å². The molecular formula is C12H15ClFNO. The van der Waals surface area contributed by atoms with Gasteiger partial charge in [0, 0.05) is 22.0 Å². The molecule has 1 unspecified atom stereocenters. The van der Waals surface area contributed by atoms with Crippen LogP contribution in [0.1, 0.15) is 30.9 Å². The Labute approximate surface area is 99.2 Å². The van der Waals surface area contributed by atoms with Crippen LogP contribution >= 0.6 is 11.6 Å². The van der Waals surface area contributed by atoms with Crippen molar-refractivity contribution in [1.82, 2.24) is 0 Å². The molecule has 88 valence electrons. The van der Waals surface area contributed by atoms with Gasteiger partial charge in [0.2, 0.25) is 0 Å². The summed E-state index contributed by atoms with van der Waals surface area (Å²) in [5.41, 5.74) is 6.96. The zero-order valence-corrected chi connectivity index (χ0v) is 10.1. The van der Waals surface area contributed by atoms with Crippen molar-refractivity contribution in [2.24, 2.45) is 5.73 Å². The van der Waals surface area contributed by atoms with E-state index in [1.54, 1.807) is 6.92 Å². The van der Waals surface area contributed by atoms with E-state index in [-0.39, 0.29) is 17.2 Å². The van der Waals surface area contributed by atoms with Gasteiger partial charge in [-0.05, 0) is 38.3 Å². The minimum absolute atomic E-state index is 0.116. The predicted molar refractivity (Wildman–Crippen MR) is 62.4 cm³/mol. The Kier molecular flexibility index (Phi) is 2.63. The molecule has 2 rings (SSSR count). The van der Waals surface area contributed by atoms with Gasteiger partial charge in [-0.1, -0.05) is 11.6 Å². The Hall–Kier alpha value is -0.800. The van der Waals surface area contributed by atoms with Crippen LogP contribution in [0.5, 0.6) is 5.75 Å². The highest BCUT2D eigenvalue weighted by Crippen LogP contribution is 2.55. The molecule has 0 saturated heterocycles.